The third-order valence-electron chi connectivity index (χ3n) is 4.10. The molecule has 2 aromatic rings. The Hall–Kier alpha value is -3.33. The van der Waals surface area contributed by atoms with Gasteiger partial charge in [0.1, 0.15) is 6.04 Å². The first kappa shape index (κ1) is 17.5. The fourth-order valence-electron chi connectivity index (χ4n) is 2.54. The molecule has 3 N–H and O–H groups in total. The number of carbonyl (C=O) groups is 2. The fourth-order valence-corrected chi connectivity index (χ4v) is 2.54. The topological polar surface area (TPSA) is 94.0 Å². The molecule has 0 spiro atoms. The van der Waals surface area contributed by atoms with E-state index >= 15 is 0 Å². The lowest BCUT2D eigenvalue weighted by molar-refractivity contribution is -0.123. The summed E-state index contributed by atoms with van der Waals surface area (Å²) in [6.07, 6.45) is 2.39. The number of nitrogens with one attached hydrogen (secondary N) is 3. The molecule has 26 heavy (non-hydrogen) atoms. The minimum absolute atomic E-state index is 0.175. The second-order valence-corrected chi connectivity index (χ2v) is 6.31. The Balaban J connectivity index is 1.64. The van der Waals surface area contributed by atoms with Crippen molar-refractivity contribution in [1.82, 2.24) is 10.6 Å². The van der Waals surface area contributed by atoms with Crippen molar-refractivity contribution in [3.8, 4) is 6.07 Å². The average molecular weight is 348 g/mol. The molecule has 2 aromatic carbocycles. The van der Waals surface area contributed by atoms with Gasteiger partial charge in [0.15, 0.2) is 0 Å². The van der Waals surface area contributed by atoms with Crippen molar-refractivity contribution in [3.05, 3.63) is 65.7 Å². The van der Waals surface area contributed by atoms with Crippen molar-refractivity contribution < 1.29 is 9.59 Å². The zero-order chi connectivity index (χ0) is 18.4. The van der Waals surface area contributed by atoms with Gasteiger partial charge in [-0.05, 0) is 42.7 Å². The molecule has 6 heteroatoms. The van der Waals surface area contributed by atoms with E-state index < -0.39 is 12.1 Å². The maximum Gasteiger partial charge on any atom is 0.319 e. The molecule has 0 aliphatic heterocycles. The van der Waals surface area contributed by atoms with Gasteiger partial charge in [-0.2, -0.15) is 5.26 Å². The maximum atomic E-state index is 12.5. The first-order valence-corrected chi connectivity index (χ1v) is 8.56. The second kappa shape index (κ2) is 8.17. The summed E-state index contributed by atoms with van der Waals surface area (Å²) in [5, 5.41) is 17.2. The van der Waals surface area contributed by atoms with Crippen LogP contribution in [0.25, 0.3) is 0 Å². The molecule has 3 amide bonds. The monoisotopic (exact) mass is 348 g/mol. The van der Waals surface area contributed by atoms with E-state index in [1.165, 1.54) is 0 Å². The molecule has 1 saturated carbocycles. The number of hydrogen-bond donors (Lipinski definition) is 3. The molecule has 0 heterocycles. The summed E-state index contributed by atoms with van der Waals surface area (Å²) >= 11 is 0. The van der Waals surface area contributed by atoms with Gasteiger partial charge in [0.2, 0.25) is 5.91 Å². The van der Waals surface area contributed by atoms with E-state index in [4.69, 9.17) is 5.26 Å². The molecule has 1 unspecified atom stereocenters. The van der Waals surface area contributed by atoms with E-state index in [0.717, 1.165) is 18.4 Å². The van der Waals surface area contributed by atoms with E-state index in [-0.39, 0.29) is 11.9 Å². The van der Waals surface area contributed by atoms with Gasteiger partial charge in [0.25, 0.3) is 0 Å². The van der Waals surface area contributed by atoms with Gasteiger partial charge in [-0.15, -0.1) is 0 Å². The Morgan fingerprint density at radius 2 is 1.77 bits per heavy atom. The molecule has 6 nitrogen and oxygen atoms in total. The summed E-state index contributed by atoms with van der Waals surface area (Å²) in [4.78, 5) is 24.8. The second-order valence-electron chi connectivity index (χ2n) is 6.31. The van der Waals surface area contributed by atoms with Gasteiger partial charge in [-0.25, -0.2) is 4.79 Å². The average Bonchev–Trinajstić information content (AvgIpc) is 3.46. The van der Waals surface area contributed by atoms with E-state index in [2.05, 4.69) is 16.0 Å². The molecule has 0 bridgehead atoms. The van der Waals surface area contributed by atoms with Gasteiger partial charge in [0, 0.05) is 18.2 Å². The summed E-state index contributed by atoms with van der Waals surface area (Å²) in [5.74, 6) is -0.175. The highest BCUT2D eigenvalue weighted by Gasteiger charge is 2.28. The summed E-state index contributed by atoms with van der Waals surface area (Å²) < 4.78 is 0. The van der Waals surface area contributed by atoms with Crippen LogP contribution in [0.15, 0.2) is 54.6 Å². The van der Waals surface area contributed by atoms with Gasteiger partial charge >= 0.3 is 6.03 Å². The predicted molar refractivity (Wildman–Crippen MR) is 98.4 cm³/mol. The third kappa shape index (κ3) is 5.08. The van der Waals surface area contributed by atoms with Crippen LogP contribution in [0, 0.1) is 11.3 Å². The summed E-state index contributed by atoms with van der Waals surface area (Å²) in [7, 11) is 0. The number of rotatable bonds is 6. The van der Waals surface area contributed by atoms with Crippen LogP contribution in [-0.4, -0.2) is 24.0 Å². The molecule has 1 aliphatic rings. The van der Waals surface area contributed by atoms with Crippen molar-refractivity contribution in [1.29, 1.82) is 5.26 Å². The number of amides is 3. The fraction of sp³-hybridized carbons (Fsp3) is 0.250. The molecule has 1 fully saturated rings. The van der Waals surface area contributed by atoms with Crippen LogP contribution >= 0.6 is 0 Å². The van der Waals surface area contributed by atoms with Gasteiger partial charge < -0.3 is 16.0 Å². The van der Waals surface area contributed by atoms with Crippen LogP contribution in [0.1, 0.15) is 24.0 Å². The van der Waals surface area contributed by atoms with Crippen molar-refractivity contribution in [2.75, 3.05) is 5.32 Å². The normalized spacial score (nSPS) is 14.0. The molecule has 3 rings (SSSR count). The number of nitrogens with zero attached hydrogens (tertiary/aromatic N) is 1. The molecule has 1 atom stereocenters. The Labute approximate surface area is 152 Å². The maximum absolute atomic E-state index is 12.5. The highest BCUT2D eigenvalue weighted by Crippen LogP contribution is 2.19. The number of benzene rings is 2. The summed E-state index contributed by atoms with van der Waals surface area (Å²) in [5.41, 5.74) is 2.05. The van der Waals surface area contributed by atoms with Gasteiger partial charge in [0.05, 0.1) is 11.6 Å². The van der Waals surface area contributed by atoms with E-state index in [9.17, 15) is 9.59 Å². The minimum atomic E-state index is -0.656. The molecule has 132 valence electrons. The van der Waals surface area contributed by atoms with Crippen LogP contribution in [0.4, 0.5) is 10.5 Å². The highest BCUT2D eigenvalue weighted by molar-refractivity contribution is 5.94. The summed E-state index contributed by atoms with van der Waals surface area (Å²) in [6.45, 7) is 0. The van der Waals surface area contributed by atoms with E-state index in [1.54, 1.807) is 24.3 Å². The van der Waals surface area contributed by atoms with Crippen LogP contribution in [0.2, 0.25) is 0 Å². The highest BCUT2D eigenvalue weighted by atomic mass is 16.2. The largest absolute Gasteiger partial charge is 0.352 e. The minimum Gasteiger partial charge on any atom is -0.352 e. The van der Waals surface area contributed by atoms with Gasteiger partial charge in [-0.3, -0.25) is 4.79 Å². The summed E-state index contributed by atoms with van der Waals surface area (Å²) in [6, 6.07) is 17.3. The molecule has 1 aliphatic carbocycles. The third-order valence-corrected chi connectivity index (χ3v) is 4.10. The number of urea groups is 1. The van der Waals surface area contributed by atoms with Crippen molar-refractivity contribution in [3.63, 3.8) is 0 Å². The predicted octanol–water partition coefficient (Wildman–Crippen LogP) is 2.57. The van der Waals surface area contributed by atoms with Crippen LogP contribution in [-0.2, 0) is 11.2 Å². The van der Waals surface area contributed by atoms with E-state index in [0.29, 0.717) is 17.7 Å². The molecule has 0 aromatic heterocycles. The van der Waals surface area contributed by atoms with Crippen LogP contribution in [0.3, 0.4) is 0 Å². The molecular formula is C20H20N4O2. The van der Waals surface area contributed by atoms with Crippen LogP contribution < -0.4 is 16.0 Å². The zero-order valence-electron chi connectivity index (χ0n) is 14.2. The molecular weight excluding hydrogens is 328 g/mol. The zero-order valence-corrected chi connectivity index (χ0v) is 14.2. The Morgan fingerprint density at radius 3 is 2.38 bits per heavy atom. The first-order valence-electron chi connectivity index (χ1n) is 8.56. The lowest BCUT2D eigenvalue weighted by Crippen LogP contribution is -2.49. The first-order chi connectivity index (χ1) is 12.6. The number of hydrogen-bond acceptors (Lipinski definition) is 3. The molecule has 0 radical (unpaired) electrons. The smallest absolute Gasteiger partial charge is 0.319 e. The Morgan fingerprint density at radius 1 is 1.08 bits per heavy atom. The molecule has 0 saturated heterocycles. The SMILES string of the molecule is N#Cc1ccc(NC(=O)NC(Cc2ccccc2)C(=O)NC2CC2)cc1. The lowest BCUT2D eigenvalue weighted by Gasteiger charge is -2.19. The quantitative estimate of drug-likeness (QED) is 0.749. The number of anilines is 1. The van der Waals surface area contributed by atoms with Crippen molar-refractivity contribution in [2.24, 2.45) is 0 Å². The van der Waals surface area contributed by atoms with Gasteiger partial charge in [-0.1, -0.05) is 30.3 Å². The Kier molecular flexibility index (Phi) is 5.49. The van der Waals surface area contributed by atoms with E-state index in [1.807, 2.05) is 36.4 Å². The van der Waals surface area contributed by atoms with Crippen molar-refractivity contribution in [2.45, 2.75) is 31.3 Å². The standard InChI is InChI=1S/C20H20N4O2/c21-13-15-6-8-17(9-7-15)23-20(26)24-18(19(25)22-16-10-11-16)12-14-4-2-1-3-5-14/h1-9,16,18H,10-12H2,(H,22,25)(H2,23,24,26). The number of nitriles is 1. The van der Waals surface area contributed by atoms with Crippen molar-refractivity contribution >= 4 is 17.6 Å². The number of carbonyl (C=O) groups excluding carboxylic acids is 2. The Bertz CT molecular complexity index is 808. The van der Waals surface area contributed by atoms with Crippen LogP contribution in [0.5, 0.6) is 0 Å². The lowest BCUT2D eigenvalue weighted by atomic mass is 10.1.